The molecular formula is C24H30N2O5. The lowest BCUT2D eigenvalue weighted by Gasteiger charge is -2.40. The molecule has 166 valence electrons. The Morgan fingerprint density at radius 1 is 1.16 bits per heavy atom. The Labute approximate surface area is 182 Å². The van der Waals surface area contributed by atoms with Crippen molar-refractivity contribution in [3.63, 3.8) is 0 Å². The molecule has 3 aliphatic rings. The van der Waals surface area contributed by atoms with Crippen LogP contribution in [-0.4, -0.2) is 61.6 Å². The fourth-order valence-corrected chi connectivity index (χ4v) is 5.26. The van der Waals surface area contributed by atoms with Crippen molar-refractivity contribution in [3.8, 4) is 5.75 Å². The number of carbonyl (C=O) groups excluding carboxylic acids is 2. The zero-order valence-electron chi connectivity index (χ0n) is 18.1. The zero-order valence-corrected chi connectivity index (χ0v) is 18.1. The van der Waals surface area contributed by atoms with Crippen molar-refractivity contribution < 1.29 is 23.5 Å². The molecule has 0 unspecified atom stereocenters. The van der Waals surface area contributed by atoms with Gasteiger partial charge in [0.25, 0.3) is 5.91 Å². The summed E-state index contributed by atoms with van der Waals surface area (Å²) in [5.41, 5.74) is 1.48. The summed E-state index contributed by atoms with van der Waals surface area (Å²) in [5.74, 6) is 0.755. The number of nitrogens with one attached hydrogen (secondary N) is 1. The van der Waals surface area contributed by atoms with Gasteiger partial charge in [-0.25, -0.2) is 0 Å². The molecule has 0 radical (unpaired) electrons. The first-order chi connectivity index (χ1) is 15.1. The summed E-state index contributed by atoms with van der Waals surface area (Å²) in [6.45, 7) is 6.40. The van der Waals surface area contributed by atoms with Crippen LogP contribution < -0.4 is 10.1 Å². The maximum atomic E-state index is 13.2. The minimum atomic E-state index is -0.354. The van der Waals surface area contributed by atoms with Crippen molar-refractivity contribution in [1.82, 2.24) is 10.2 Å². The molecule has 7 heteroatoms. The van der Waals surface area contributed by atoms with E-state index < -0.39 is 0 Å². The Balaban J connectivity index is 1.37. The van der Waals surface area contributed by atoms with E-state index in [1.54, 1.807) is 0 Å². The van der Waals surface area contributed by atoms with Gasteiger partial charge in [0.2, 0.25) is 0 Å². The van der Waals surface area contributed by atoms with Crippen LogP contribution in [-0.2, 0) is 4.74 Å². The molecular weight excluding hydrogens is 396 g/mol. The number of Topliss-reactive ketones (excluding diaryl/α,β-unsaturated/α-hetero) is 1. The molecule has 3 heterocycles. The highest BCUT2D eigenvalue weighted by Crippen LogP contribution is 2.45. The number of ether oxygens (including phenoxy) is 2. The molecule has 1 N–H and O–H groups in total. The molecule has 2 aliphatic heterocycles. The number of aryl methyl sites for hydroxylation is 1. The molecule has 1 spiro atoms. The number of furan rings is 1. The smallest absolute Gasteiger partial charge is 0.287 e. The van der Waals surface area contributed by atoms with Crippen LogP contribution in [0, 0.1) is 6.92 Å². The Kier molecular flexibility index (Phi) is 5.48. The molecule has 0 atom stereocenters. The molecule has 2 fully saturated rings. The molecule has 1 aliphatic carbocycles. The number of carbonyl (C=O) groups is 2. The fraction of sp³-hybridized carbons (Fsp3) is 0.583. The van der Waals surface area contributed by atoms with E-state index in [0.29, 0.717) is 40.8 Å². The van der Waals surface area contributed by atoms with Gasteiger partial charge in [0.05, 0.1) is 25.2 Å². The van der Waals surface area contributed by atoms with E-state index in [1.165, 1.54) is 6.42 Å². The molecule has 5 rings (SSSR count). The number of morpholine rings is 1. The third-order valence-corrected chi connectivity index (χ3v) is 6.93. The predicted octanol–water partition coefficient (Wildman–Crippen LogP) is 3.47. The second-order valence-electron chi connectivity index (χ2n) is 9.02. The van der Waals surface area contributed by atoms with Crippen LogP contribution in [0.1, 0.15) is 65.0 Å². The Morgan fingerprint density at radius 3 is 2.71 bits per heavy atom. The van der Waals surface area contributed by atoms with Gasteiger partial charge < -0.3 is 19.2 Å². The van der Waals surface area contributed by atoms with Gasteiger partial charge in [0, 0.05) is 37.1 Å². The highest BCUT2D eigenvalue weighted by molar-refractivity contribution is 6.13. The van der Waals surface area contributed by atoms with Gasteiger partial charge in [0.15, 0.2) is 11.5 Å². The number of amides is 1. The normalized spacial score (nSPS) is 21.1. The Hall–Kier alpha value is -2.38. The van der Waals surface area contributed by atoms with E-state index in [4.69, 9.17) is 13.9 Å². The number of hydrogen-bond acceptors (Lipinski definition) is 6. The SMILES string of the molecule is Cc1c(C(=O)NCCN2CCOCC2)oc2ccc3c(c12)C(=O)CC1(CCCCC1)O3. The monoisotopic (exact) mass is 426 g/mol. The van der Waals surface area contributed by atoms with Crippen molar-refractivity contribution in [1.29, 1.82) is 0 Å². The van der Waals surface area contributed by atoms with E-state index in [2.05, 4.69) is 10.2 Å². The predicted molar refractivity (Wildman–Crippen MR) is 116 cm³/mol. The Morgan fingerprint density at radius 2 is 1.94 bits per heavy atom. The van der Waals surface area contributed by atoms with Crippen molar-refractivity contribution >= 4 is 22.7 Å². The van der Waals surface area contributed by atoms with Gasteiger partial charge in [-0.15, -0.1) is 0 Å². The van der Waals surface area contributed by atoms with E-state index in [0.717, 1.165) is 58.5 Å². The van der Waals surface area contributed by atoms with Gasteiger partial charge in [-0.3, -0.25) is 14.5 Å². The summed E-state index contributed by atoms with van der Waals surface area (Å²) in [6, 6.07) is 3.65. The number of hydrogen-bond donors (Lipinski definition) is 1. The summed E-state index contributed by atoms with van der Waals surface area (Å²) in [7, 11) is 0. The van der Waals surface area contributed by atoms with Gasteiger partial charge in [0.1, 0.15) is 16.9 Å². The molecule has 31 heavy (non-hydrogen) atoms. The number of nitrogens with zero attached hydrogens (tertiary/aromatic N) is 1. The molecule has 1 aromatic carbocycles. The largest absolute Gasteiger partial charge is 0.486 e. The molecule has 1 saturated heterocycles. The number of benzene rings is 1. The molecule has 2 aromatic rings. The average Bonchev–Trinajstić information content (AvgIpc) is 3.11. The van der Waals surface area contributed by atoms with Gasteiger partial charge in [-0.1, -0.05) is 6.42 Å². The first-order valence-corrected chi connectivity index (χ1v) is 11.4. The summed E-state index contributed by atoms with van der Waals surface area (Å²) in [5, 5.41) is 3.67. The highest BCUT2D eigenvalue weighted by Gasteiger charge is 2.42. The molecule has 1 amide bonds. The first kappa shape index (κ1) is 20.5. The van der Waals surface area contributed by atoms with Gasteiger partial charge >= 0.3 is 0 Å². The maximum absolute atomic E-state index is 13.2. The van der Waals surface area contributed by atoms with Gasteiger partial charge in [-0.05, 0) is 44.7 Å². The van der Waals surface area contributed by atoms with Crippen molar-refractivity contribution in [2.75, 3.05) is 39.4 Å². The second kappa shape index (κ2) is 8.28. The van der Waals surface area contributed by atoms with Crippen molar-refractivity contribution in [3.05, 3.63) is 29.0 Å². The van der Waals surface area contributed by atoms with E-state index in [1.807, 2.05) is 19.1 Å². The van der Waals surface area contributed by atoms with E-state index >= 15 is 0 Å². The average molecular weight is 427 g/mol. The number of rotatable bonds is 4. The first-order valence-electron chi connectivity index (χ1n) is 11.4. The fourth-order valence-electron chi connectivity index (χ4n) is 5.26. The minimum absolute atomic E-state index is 0.0944. The van der Waals surface area contributed by atoms with Crippen LogP contribution in [0.4, 0.5) is 0 Å². The quantitative estimate of drug-likeness (QED) is 0.806. The highest BCUT2D eigenvalue weighted by atomic mass is 16.5. The van der Waals surface area contributed by atoms with Crippen molar-refractivity contribution in [2.45, 2.75) is 51.0 Å². The Bertz CT molecular complexity index is 999. The molecule has 1 aromatic heterocycles. The molecule has 7 nitrogen and oxygen atoms in total. The summed E-state index contributed by atoms with van der Waals surface area (Å²) in [6.07, 6.45) is 5.67. The van der Waals surface area contributed by atoms with Crippen LogP contribution >= 0.6 is 0 Å². The number of fused-ring (bicyclic) bond motifs is 3. The lowest BCUT2D eigenvalue weighted by molar-refractivity contribution is 0.0139. The van der Waals surface area contributed by atoms with Crippen LogP contribution in [0.15, 0.2) is 16.5 Å². The number of ketones is 1. The lowest BCUT2D eigenvalue weighted by Crippen LogP contribution is -2.43. The lowest BCUT2D eigenvalue weighted by atomic mass is 9.78. The van der Waals surface area contributed by atoms with Gasteiger partial charge in [-0.2, -0.15) is 0 Å². The molecule has 1 saturated carbocycles. The topological polar surface area (TPSA) is 81.0 Å². The van der Waals surface area contributed by atoms with Crippen LogP contribution in [0.2, 0.25) is 0 Å². The second-order valence-corrected chi connectivity index (χ2v) is 9.02. The van der Waals surface area contributed by atoms with E-state index in [-0.39, 0.29) is 23.1 Å². The maximum Gasteiger partial charge on any atom is 0.287 e. The summed E-state index contributed by atoms with van der Waals surface area (Å²) >= 11 is 0. The molecule has 0 bridgehead atoms. The van der Waals surface area contributed by atoms with Crippen molar-refractivity contribution in [2.24, 2.45) is 0 Å². The standard InChI is InChI=1S/C24H30N2O5/c1-16-20-18(30-22(16)23(28)25-9-10-26-11-13-29-14-12-26)5-6-19-21(20)17(27)15-24(31-19)7-3-2-4-8-24/h5-6H,2-4,7-15H2,1H3,(H,25,28). The summed E-state index contributed by atoms with van der Waals surface area (Å²) in [4.78, 5) is 28.3. The third-order valence-electron chi connectivity index (χ3n) is 6.93. The summed E-state index contributed by atoms with van der Waals surface area (Å²) < 4.78 is 17.7. The van der Waals surface area contributed by atoms with E-state index in [9.17, 15) is 9.59 Å². The van der Waals surface area contributed by atoms with Crippen LogP contribution in [0.5, 0.6) is 5.75 Å². The minimum Gasteiger partial charge on any atom is -0.486 e. The van der Waals surface area contributed by atoms with Crippen LogP contribution in [0.25, 0.3) is 11.0 Å². The van der Waals surface area contributed by atoms with Crippen LogP contribution in [0.3, 0.4) is 0 Å². The zero-order chi connectivity index (χ0) is 21.4. The third kappa shape index (κ3) is 3.85.